The van der Waals surface area contributed by atoms with Crippen LogP contribution in [0.4, 0.5) is 4.79 Å². The monoisotopic (exact) mass is 577 g/mol. The van der Waals surface area contributed by atoms with Crippen molar-refractivity contribution in [1.82, 2.24) is 16.0 Å². The summed E-state index contributed by atoms with van der Waals surface area (Å²) >= 11 is 2.21. The maximum atomic E-state index is 12.0. The van der Waals surface area contributed by atoms with Gasteiger partial charge in [-0.3, -0.25) is 9.59 Å². The van der Waals surface area contributed by atoms with Crippen molar-refractivity contribution in [3.8, 4) is 0 Å². The normalized spacial score (nSPS) is 12.3. The van der Waals surface area contributed by atoms with Crippen LogP contribution in [0.1, 0.15) is 44.1 Å². The van der Waals surface area contributed by atoms with Gasteiger partial charge in [-0.1, -0.05) is 12.1 Å². The number of amides is 3. The van der Waals surface area contributed by atoms with Crippen molar-refractivity contribution in [2.75, 3.05) is 6.54 Å². The third-order valence-corrected chi connectivity index (χ3v) is 5.30. The fourth-order valence-electron chi connectivity index (χ4n) is 2.88. The Kier molecular flexibility index (Phi) is 12.8. The molecule has 0 fully saturated rings. The molecule has 0 aliphatic heterocycles. The average molecular weight is 577 g/mol. The molecule has 33 heavy (non-hydrogen) atoms. The number of hydrogen-bond donors (Lipinski definition) is 6. The average Bonchev–Trinajstić information content (AvgIpc) is 2.73. The molecule has 0 aliphatic carbocycles. The Bertz CT molecular complexity index is 849. The summed E-state index contributed by atoms with van der Waals surface area (Å²) in [4.78, 5) is 57.0. The van der Waals surface area contributed by atoms with Gasteiger partial charge in [0.15, 0.2) is 0 Å². The molecule has 1 aromatic carbocycles. The lowest BCUT2D eigenvalue weighted by Gasteiger charge is -2.18. The molecule has 0 bridgehead atoms. The zero-order valence-electron chi connectivity index (χ0n) is 17.9. The summed E-state index contributed by atoms with van der Waals surface area (Å²) in [7, 11) is 0. The van der Waals surface area contributed by atoms with Crippen LogP contribution in [0.15, 0.2) is 24.3 Å². The van der Waals surface area contributed by atoms with Gasteiger partial charge in [0.2, 0.25) is 5.91 Å². The molecule has 0 saturated heterocycles. The van der Waals surface area contributed by atoms with Crippen LogP contribution >= 0.6 is 22.6 Å². The number of halogens is 1. The topological polar surface area (TPSA) is 182 Å². The molecule has 0 spiro atoms. The number of rotatable bonds is 15. The van der Waals surface area contributed by atoms with E-state index in [-0.39, 0.29) is 18.7 Å². The second kappa shape index (κ2) is 15.0. The van der Waals surface area contributed by atoms with Gasteiger partial charge in [0.1, 0.15) is 12.1 Å². The van der Waals surface area contributed by atoms with Gasteiger partial charge < -0.3 is 31.3 Å². The van der Waals surface area contributed by atoms with Crippen LogP contribution in [0.25, 0.3) is 0 Å². The third kappa shape index (κ3) is 12.7. The van der Waals surface area contributed by atoms with Crippen LogP contribution in [0.3, 0.4) is 0 Å². The van der Waals surface area contributed by atoms with Gasteiger partial charge in [-0.25, -0.2) is 14.4 Å². The minimum absolute atomic E-state index is 0.0773. The van der Waals surface area contributed by atoms with Crippen molar-refractivity contribution >= 4 is 52.4 Å². The van der Waals surface area contributed by atoms with Crippen LogP contribution < -0.4 is 16.0 Å². The molecule has 0 aromatic heterocycles. The molecular formula is C21H28IN3O8. The summed E-state index contributed by atoms with van der Waals surface area (Å²) in [5, 5.41) is 34.0. The zero-order valence-corrected chi connectivity index (χ0v) is 20.0. The number of unbranched alkanes of at least 4 members (excludes halogenated alkanes) is 1. The summed E-state index contributed by atoms with van der Waals surface area (Å²) in [6, 6.07) is 4.14. The number of carbonyl (C=O) groups is 5. The van der Waals surface area contributed by atoms with Crippen molar-refractivity contribution < 1.29 is 39.3 Å². The SMILES string of the molecule is O=C(O)CC[C@H](NC(=O)N[C@@H](CCCCNC(=O)CCc1cccc(I)c1)C(=O)O)C(=O)O. The van der Waals surface area contributed by atoms with E-state index in [0.717, 1.165) is 9.13 Å². The van der Waals surface area contributed by atoms with Crippen LogP contribution in [0.5, 0.6) is 0 Å². The Hall–Kier alpha value is -2.90. The molecule has 12 heteroatoms. The van der Waals surface area contributed by atoms with E-state index in [0.29, 0.717) is 32.2 Å². The first-order valence-corrected chi connectivity index (χ1v) is 11.4. The number of aryl methyl sites for hydroxylation is 1. The zero-order chi connectivity index (χ0) is 24.8. The Morgan fingerprint density at radius 2 is 1.52 bits per heavy atom. The Morgan fingerprint density at radius 1 is 0.879 bits per heavy atom. The number of hydrogen-bond acceptors (Lipinski definition) is 5. The number of aliphatic carboxylic acids is 3. The summed E-state index contributed by atoms with van der Waals surface area (Å²) in [6.07, 6.45) is 1.13. The van der Waals surface area contributed by atoms with E-state index in [1.807, 2.05) is 24.3 Å². The number of urea groups is 1. The number of carboxylic acid groups (broad SMARTS) is 3. The van der Waals surface area contributed by atoms with Crippen molar-refractivity contribution in [3.05, 3.63) is 33.4 Å². The highest BCUT2D eigenvalue weighted by Gasteiger charge is 2.24. The lowest BCUT2D eigenvalue weighted by molar-refractivity contribution is -0.140. The Morgan fingerprint density at radius 3 is 2.09 bits per heavy atom. The Balaban J connectivity index is 2.33. The van der Waals surface area contributed by atoms with E-state index in [1.165, 1.54) is 0 Å². The number of nitrogens with one attached hydrogen (secondary N) is 3. The summed E-state index contributed by atoms with van der Waals surface area (Å²) in [6.45, 7) is 0.361. The highest BCUT2D eigenvalue weighted by molar-refractivity contribution is 14.1. The molecule has 0 radical (unpaired) electrons. The van der Waals surface area contributed by atoms with E-state index in [4.69, 9.17) is 10.2 Å². The summed E-state index contributed by atoms with van der Waals surface area (Å²) in [5.41, 5.74) is 1.07. The van der Waals surface area contributed by atoms with Crippen molar-refractivity contribution in [3.63, 3.8) is 0 Å². The smallest absolute Gasteiger partial charge is 0.326 e. The van der Waals surface area contributed by atoms with Crippen molar-refractivity contribution in [2.45, 2.75) is 57.0 Å². The first-order valence-electron chi connectivity index (χ1n) is 10.3. The Labute approximate surface area is 204 Å². The molecule has 1 rings (SSSR count). The summed E-state index contributed by atoms with van der Waals surface area (Å²) < 4.78 is 1.10. The molecule has 0 unspecified atom stereocenters. The maximum Gasteiger partial charge on any atom is 0.326 e. The molecule has 0 heterocycles. The van der Waals surface area contributed by atoms with Gasteiger partial charge in [0, 0.05) is 23.0 Å². The van der Waals surface area contributed by atoms with Gasteiger partial charge in [-0.15, -0.1) is 0 Å². The number of carboxylic acids is 3. The van der Waals surface area contributed by atoms with Gasteiger partial charge in [0.05, 0.1) is 0 Å². The van der Waals surface area contributed by atoms with Crippen molar-refractivity contribution in [2.24, 2.45) is 0 Å². The van der Waals surface area contributed by atoms with Crippen LogP contribution in [0, 0.1) is 3.57 Å². The lowest BCUT2D eigenvalue weighted by Crippen LogP contribution is -2.51. The molecule has 182 valence electrons. The summed E-state index contributed by atoms with van der Waals surface area (Å²) in [5.74, 6) is -4.03. The second-order valence-electron chi connectivity index (χ2n) is 7.31. The first kappa shape index (κ1) is 28.1. The molecular weight excluding hydrogens is 549 g/mol. The number of benzene rings is 1. The van der Waals surface area contributed by atoms with Gasteiger partial charge in [-0.05, 0) is 72.4 Å². The largest absolute Gasteiger partial charge is 0.481 e. The van der Waals surface area contributed by atoms with Crippen molar-refractivity contribution in [1.29, 1.82) is 0 Å². The van der Waals surface area contributed by atoms with E-state index in [1.54, 1.807) is 0 Å². The molecule has 0 saturated carbocycles. The van der Waals surface area contributed by atoms with E-state index in [9.17, 15) is 29.1 Å². The van der Waals surface area contributed by atoms with Gasteiger partial charge in [0.25, 0.3) is 0 Å². The molecule has 6 N–H and O–H groups in total. The molecule has 2 atom stereocenters. The first-order chi connectivity index (χ1) is 15.6. The molecule has 0 aliphatic rings. The van der Waals surface area contributed by atoms with Crippen LogP contribution in [-0.4, -0.2) is 63.8 Å². The molecule has 11 nitrogen and oxygen atoms in total. The van der Waals surface area contributed by atoms with E-state index >= 15 is 0 Å². The van der Waals surface area contributed by atoms with Gasteiger partial charge in [-0.2, -0.15) is 0 Å². The highest BCUT2D eigenvalue weighted by Crippen LogP contribution is 2.09. The number of carbonyl (C=O) groups excluding carboxylic acids is 2. The molecule has 3 amide bonds. The third-order valence-electron chi connectivity index (χ3n) is 4.63. The van der Waals surface area contributed by atoms with Crippen LogP contribution in [0.2, 0.25) is 0 Å². The van der Waals surface area contributed by atoms with E-state index < -0.39 is 42.4 Å². The standard InChI is InChI=1S/C21H28IN3O8/c22-14-5-3-4-13(12-14)7-9-17(26)23-11-2-1-6-15(19(29)30)24-21(33)25-16(20(31)32)8-10-18(27)28/h3-5,12,15-16H,1-2,6-11H2,(H,23,26)(H,27,28)(H,29,30)(H,31,32)(H2,24,25,33)/t15-,16-/m0/s1. The quantitative estimate of drug-likeness (QED) is 0.134. The van der Waals surface area contributed by atoms with E-state index in [2.05, 4.69) is 38.5 Å². The highest BCUT2D eigenvalue weighted by atomic mass is 127. The predicted octanol–water partition coefficient (Wildman–Crippen LogP) is 1.58. The fourth-order valence-corrected chi connectivity index (χ4v) is 3.49. The van der Waals surface area contributed by atoms with Gasteiger partial charge >= 0.3 is 23.9 Å². The van der Waals surface area contributed by atoms with Crippen LogP contribution in [-0.2, 0) is 25.6 Å². The second-order valence-corrected chi connectivity index (χ2v) is 8.55. The lowest BCUT2D eigenvalue weighted by atomic mass is 10.1. The minimum atomic E-state index is -1.45. The predicted molar refractivity (Wildman–Crippen MR) is 126 cm³/mol. The maximum absolute atomic E-state index is 12.0. The fraction of sp³-hybridized carbons (Fsp3) is 0.476. The minimum Gasteiger partial charge on any atom is -0.481 e. The molecule has 1 aromatic rings.